The van der Waals surface area contributed by atoms with Crippen LogP contribution in [-0.4, -0.2) is 4.98 Å². The lowest BCUT2D eigenvalue weighted by atomic mass is 9.93. The molecule has 0 fully saturated rings. The van der Waals surface area contributed by atoms with Gasteiger partial charge in [-0.15, -0.1) is 11.3 Å². The molecule has 1 heterocycles. The van der Waals surface area contributed by atoms with Crippen LogP contribution in [-0.2, 0) is 12.8 Å². The van der Waals surface area contributed by atoms with E-state index in [-0.39, 0.29) is 0 Å². The maximum Gasteiger partial charge on any atom is 0.0900 e. The summed E-state index contributed by atoms with van der Waals surface area (Å²) in [5, 5.41) is 1.24. The van der Waals surface area contributed by atoms with Gasteiger partial charge in [-0.2, -0.15) is 0 Å². The van der Waals surface area contributed by atoms with Crippen molar-refractivity contribution in [2.45, 2.75) is 33.1 Å². The molecule has 0 saturated carbocycles. The van der Waals surface area contributed by atoms with E-state index in [2.05, 4.69) is 18.8 Å². The van der Waals surface area contributed by atoms with Crippen molar-refractivity contribution in [2.24, 2.45) is 5.92 Å². The van der Waals surface area contributed by atoms with Crippen molar-refractivity contribution in [3.05, 3.63) is 15.6 Å². The molecular weight excluding hydrogens is 154 g/mol. The summed E-state index contributed by atoms with van der Waals surface area (Å²) in [6, 6.07) is 0. The summed E-state index contributed by atoms with van der Waals surface area (Å²) in [6.07, 6.45) is 3.80. The van der Waals surface area contributed by atoms with Gasteiger partial charge in [0.2, 0.25) is 0 Å². The summed E-state index contributed by atoms with van der Waals surface area (Å²) in [5.74, 6) is 0.877. The van der Waals surface area contributed by atoms with Crippen LogP contribution in [0.25, 0.3) is 0 Å². The minimum absolute atomic E-state index is 0.877. The largest absolute Gasteiger partial charge is 0.246 e. The zero-order chi connectivity index (χ0) is 7.84. The molecule has 2 heteroatoms. The Bertz CT molecular complexity index is 265. The Morgan fingerprint density at radius 3 is 3.18 bits per heavy atom. The van der Waals surface area contributed by atoms with E-state index < -0.39 is 0 Å². The molecule has 1 aliphatic carbocycles. The van der Waals surface area contributed by atoms with E-state index in [1.54, 1.807) is 4.88 Å². The van der Waals surface area contributed by atoms with Gasteiger partial charge in [-0.25, -0.2) is 4.98 Å². The molecule has 1 atom stereocenters. The standard InChI is InChI=1S/C9H13NS/c1-6-3-4-8-9(5-6)11-7(2)10-8/h6H,3-5H2,1-2H3. The number of hydrogen-bond acceptors (Lipinski definition) is 2. The van der Waals surface area contributed by atoms with Gasteiger partial charge in [0.25, 0.3) is 0 Å². The molecule has 0 radical (unpaired) electrons. The van der Waals surface area contributed by atoms with E-state index in [0.717, 1.165) is 5.92 Å². The highest BCUT2D eigenvalue weighted by Gasteiger charge is 2.17. The molecule has 1 aromatic rings. The highest BCUT2D eigenvalue weighted by Crippen LogP contribution is 2.28. The summed E-state index contributed by atoms with van der Waals surface area (Å²) in [7, 11) is 0. The molecule has 60 valence electrons. The molecular formula is C9H13NS. The van der Waals surface area contributed by atoms with Crippen molar-refractivity contribution in [3.8, 4) is 0 Å². The number of rotatable bonds is 0. The highest BCUT2D eigenvalue weighted by molar-refractivity contribution is 7.11. The topological polar surface area (TPSA) is 12.9 Å². The Morgan fingerprint density at radius 2 is 2.36 bits per heavy atom. The Labute approximate surface area is 71.5 Å². The molecule has 2 rings (SSSR count). The van der Waals surface area contributed by atoms with Crippen LogP contribution >= 0.6 is 11.3 Å². The second-order valence-corrected chi connectivity index (χ2v) is 4.74. The Kier molecular flexibility index (Phi) is 1.72. The molecule has 0 bridgehead atoms. The van der Waals surface area contributed by atoms with E-state index in [1.807, 2.05) is 11.3 Å². The molecule has 0 amide bonds. The van der Waals surface area contributed by atoms with Crippen molar-refractivity contribution >= 4 is 11.3 Å². The van der Waals surface area contributed by atoms with Crippen molar-refractivity contribution in [3.63, 3.8) is 0 Å². The normalized spacial score (nSPS) is 23.3. The minimum atomic E-state index is 0.877. The first-order chi connectivity index (χ1) is 5.25. The van der Waals surface area contributed by atoms with E-state index in [4.69, 9.17) is 0 Å². The fraction of sp³-hybridized carbons (Fsp3) is 0.667. The first kappa shape index (κ1) is 7.29. The van der Waals surface area contributed by atoms with Crippen molar-refractivity contribution in [1.82, 2.24) is 4.98 Å². The second-order valence-electron chi connectivity index (χ2n) is 3.45. The Hall–Kier alpha value is -0.370. The van der Waals surface area contributed by atoms with Gasteiger partial charge < -0.3 is 0 Å². The molecule has 0 aromatic carbocycles. The number of nitrogens with zero attached hydrogens (tertiary/aromatic N) is 1. The summed E-state index contributed by atoms with van der Waals surface area (Å²) < 4.78 is 0. The molecule has 1 nitrogen and oxygen atoms in total. The monoisotopic (exact) mass is 167 g/mol. The highest BCUT2D eigenvalue weighted by atomic mass is 32.1. The third-order valence-electron chi connectivity index (χ3n) is 2.29. The summed E-state index contributed by atoms with van der Waals surface area (Å²) in [6.45, 7) is 4.44. The van der Waals surface area contributed by atoms with Gasteiger partial charge in [0, 0.05) is 4.88 Å². The maximum atomic E-state index is 4.50. The number of hydrogen-bond donors (Lipinski definition) is 0. The van der Waals surface area contributed by atoms with Gasteiger partial charge in [-0.3, -0.25) is 0 Å². The zero-order valence-corrected chi connectivity index (χ0v) is 7.87. The van der Waals surface area contributed by atoms with Crippen molar-refractivity contribution < 1.29 is 0 Å². The first-order valence-electron chi connectivity index (χ1n) is 4.21. The van der Waals surface area contributed by atoms with Crippen LogP contribution in [0.1, 0.15) is 28.9 Å². The number of aryl methyl sites for hydroxylation is 2. The average molecular weight is 167 g/mol. The molecule has 0 N–H and O–H groups in total. The third kappa shape index (κ3) is 1.32. The molecule has 0 spiro atoms. The van der Waals surface area contributed by atoms with Crippen LogP contribution in [0, 0.1) is 12.8 Å². The zero-order valence-electron chi connectivity index (χ0n) is 7.05. The van der Waals surface area contributed by atoms with Gasteiger partial charge >= 0.3 is 0 Å². The second kappa shape index (κ2) is 2.59. The van der Waals surface area contributed by atoms with Gasteiger partial charge in [0.1, 0.15) is 0 Å². The van der Waals surface area contributed by atoms with Crippen molar-refractivity contribution in [1.29, 1.82) is 0 Å². The van der Waals surface area contributed by atoms with Gasteiger partial charge in [-0.1, -0.05) is 6.92 Å². The summed E-state index contributed by atoms with van der Waals surface area (Å²) in [5.41, 5.74) is 1.38. The number of aromatic nitrogens is 1. The first-order valence-corrected chi connectivity index (χ1v) is 5.02. The van der Waals surface area contributed by atoms with Crippen LogP contribution in [0.4, 0.5) is 0 Å². The molecule has 0 saturated heterocycles. The van der Waals surface area contributed by atoms with Crippen LogP contribution in [0.3, 0.4) is 0 Å². The van der Waals surface area contributed by atoms with Crippen LogP contribution < -0.4 is 0 Å². The van der Waals surface area contributed by atoms with E-state index in [9.17, 15) is 0 Å². The SMILES string of the molecule is Cc1nc2c(s1)CC(C)CC2. The lowest BCUT2D eigenvalue weighted by Gasteiger charge is -2.15. The van der Waals surface area contributed by atoms with Gasteiger partial charge in [0.15, 0.2) is 0 Å². The van der Waals surface area contributed by atoms with Crippen LogP contribution in [0.2, 0.25) is 0 Å². The maximum absolute atomic E-state index is 4.50. The molecule has 1 aliphatic rings. The Morgan fingerprint density at radius 1 is 1.55 bits per heavy atom. The van der Waals surface area contributed by atoms with E-state index >= 15 is 0 Å². The van der Waals surface area contributed by atoms with Gasteiger partial charge in [-0.05, 0) is 32.1 Å². The quantitative estimate of drug-likeness (QED) is 0.578. The van der Waals surface area contributed by atoms with E-state index in [1.165, 1.54) is 30.0 Å². The fourth-order valence-corrected chi connectivity index (χ4v) is 2.81. The van der Waals surface area contributed by atoms with Gasteiger partial charge in [0.05, 0.1) is 10.7 Å². The molecule has 11 heavy (non-hydrogen) atoms. The smallest absolute Gasteiger partial charge is 0.0900 e. The predicted molar refractivity (Wildman–Crippen MR) is 48.0 cm³/mol. The predicted octanol–water partition coefficient (Wildman–Crippen LogP) is 2.58. The number of fused-ring (bicyclic) bond motifs is 1. The lowest BCUT2D eigenvalue weighted by Crippen LogP contribution is -2.09. The lowest BCUT2D eigenvalue weighted by molar-refractivity contribution is 0.501. The third-order valence-corrected chi connectivity index (χ3v) is 3.33. The molecule has 1 unspecified atom stereocenters. The summed E-state index contributed by atoms with van der Waals surface area (Å²) >= 11 is 1.88. The summed E-state index contributed by atoms with van der Waals surface area (Å²) in [4.78, 5) is 6.05. The van der Waals surface area contributed by atoms with Crippen LogP contribution in [0.5, 0.6) is 0 Å². The number of thiazole rings is 1. The Balaban J connectivity index is 2.34. The van der Waals surface area contributed by atoms with E-state index in [0.29, 0.717) is 0 Å². The molecule has 0 aliphatic heterocycles. The molecule has 1 aromatic heterocycles. The fourth-order valence-electron chi connectivity index (χ4n) is 1.67. The minimum Gasteiger partial charge on any atom is -0.246 e. The van der Waals surface area contributed by atoms with Crippen molar-refractivity contribution in [2.75, 3.05) is 0 Å². The average Bonchev–Trinajstić information content (AvgIpc) is 2.27. The van der Waals surface area contributed by atoms with Crippen LogP contribution in [0.15, 0.2) is 0 Å².